The first-order valence-electron chi connectivity index (χ1n) is 12.2. The van der Waals surface area contributed by atoms with Gasteiger partial charge in [0.25, 0.3) is 10.0 Å². The molecule has 10 heteroatoms. The van der Waals surface area contributed by atoms with Gasteiger partial charge in [-0.25, -0.2) is 12.8 Å². The van der Waals surface area contributed by atoms with E-state index in [1.54, 1.807) is 37.3 Å². The van der Waals surface area contributed by atoms with Crippen molar-refractivity contribution in [3.63, 3.8) is 0 Å². The number of hydrogen-bond donors (Lipinski definition) is 1. The monoisotopic (exact) mass is 603 g/mol. The normalized spacial score (nSPS) is 12.9. The minimum Gasteiger partial charge on any atom is -0.352 e. The highest BCUT2D eigenvalue weighted by molar-refractivity contribution is 9.10. The smallest absolute Gasteiger partial charge is 0.264 e. The van der Waals surface area contributed by atoms with E-state index in [9.17, 15) is 22.4 Å². The number of halogens is 2. The molecule has 0 saturated carbocycles. The summed E-state index contributed by atoms with van der Waals surface area (Å²) >= 11 is 3.42. The maximum absolute atomic E-state index is 14.9. The Morgan fingerprint density at radius 2 is 1.63 bits per heavy atom. The number of benzene rings is 3. The van der Waals surface area contributed by atoms with E-state index in [0.29, 0.717) is 6.42 Å². The van der Waals surface area contributed by atoms with Gasteiger partial charge in [0, 0.05) is 17.1 Å². The molecule has 38 heavy (non-hydrogen) atoms. The molecule has 202 valence electrons. The van der Waals surface area contributed by atoms with Crippen LogP contribution in [0.5, 0.6) is 0 Å². The summed E-state index contributed by atoms with van der Waals surface area (Å²) in [4.78, 5) is 28.1. The summed E-state index contributed by atoms with van der Waals surface area (Å²) in [5.41, 5.74) is 0.475. The third kappa shape index (κ3) is 7.20. The van der Waals surface area contributed by atoms with Crippen LogP contribution in [0.4, 0.5) is 10.1 Å². The zero-order valence-corrected chi connectivity index (χ0v) is 23.9. The van der Waals surface area contributed by atoms with Gasteiger partial charge in [0.15, 0.2) is 0 Å². The maximum Gasteiger partial charge on any atom is 0.264 e. The number of anilines is 1. The average molecular weight is 605 g/mol. The third-order valence-corrected chi connectivity index (χ3v) is 8.41. The number of carbonyl (C=O) groups is 2. The lowest BCUT2D eigenvalue weighted by Crippen LogP contribution is -2.52. The summed E-state index contributed by atoms with van der Waals surface area (Å²) in [6.07, 6.45) is 0.703. The highest BCUT2D eigenvalue weighted by Crippen LogP contribution is 2.27. The second kappa shape index (κ2) is 13.0. The molecule has 1 N–H and O–H groups in total. The van der Waals surface area contributed by atoms with Crippen molar-refractivity contribution in [3.8, 4) is 0 Å². The van der Waals surface area contributed by atoms with Crippen LogP contribution >= 0.6 is 15.9 Å². The van der Waals surface area contributed by atoms with Crippen molar-refractivity contribution in [2.75, 3.05) is 10.8 Å². The Hall–Kier alpha value is -3.24. The predicted molar refractivity (Wildman–Crippen MR) is 149 cm³/mol. The Labute approximate surface area is 231 Å². The summed E-state index contributed by atoms with van der Waals surface area (Å²) < 4.78 is 43.7. The number of nitrogens with zero attached hydrogens (tertiary/aromatic N) is 2. The van der Waals surface area contributed by atoms with Crippen LogP contribution in [0.15, 0.2) is 88.2 Å². The molecule has 2 amide bonds. The molecular formula is C28H31BrFN3O4S. The summed E-state index contributed by atoms with van der Waals surface area (Å²) in [7, 11) is -4.32. The Morgan fingerprint density at radius 3 is 2.26 bits per heavy atom. The molecule has 0 aliphatic rings. The van der Waals surface area contributed by atoms with Crippen molar-refractivity contribution < 1.29 is 22.4 Å². The van der Waals surface area contributed by atoms with Gasteiger partial charge in [-0.05, 0) is 62.2 Å². The summed E-state index contributed by atoms with van der Waals surface area (Å²) in [5, 5.41) is 2.88. The van der Waals surface area contributed by atoms with Crippen LogP contribution in [0.25, 0.3) is 0 Å². The molecule has 7 nitrogen and oxygen atoms in total. The van der Waals surface area contributed by atoms with Crippen LogP contribution in [-0.4, -0.2) is 43.8 Å². The Bertz CT molecular complexity index is 1370. The fraction of sp³-hybridized carbons (Fsp3) is 0.286. The molecule has 0 aromatic heterocycles. The standard InChI is InChI=1S/C28H31BrFN3O4S/c1-4-20(2)31-28(35)21(3)32(18-22-11-10-12-23(29)17-22)27(34)19-33(26-16-9-8-15-25(26)30)38(36,37)24-13-6-5-7-14-24/h5-17,20-21H,4,18-19H2,1-3H3,(H,31,35)/t20-,21+/m1/s1. The van der Waals surface area contributed by atoms with Gasteiger partial charge in [0.05, 0.1) is 10.6 Å². The molecule has 0 radical (unpaired) electrons. The van der Waals surface area contributed by atoms with E-state index in [4.69, 9.17) is 0 Å². The molecule has 2 atom stereocenters. The van der Waals surface area contributed by atoms with Crippen LogP contribution in [-0.2, 0) is 26.2 Å². The molecule has 0 heterocycles. The molecule has 3 aromatic carbocycles. The molecule has 0 aliphatic heterocycles. The van der Waals surface area contributed by atoms with E-state index in [0.717, 1.165) is 20.4 Å². The lowest BCUT2D eigenvalue weighted by molar-refractivity contribution is -0.139. The van der Waals surface area contributed by atoms with Gasteiger partial charge >= 0.3 is 0 Å². The first kappa shape index (κ1) is 29.3. The second-order valence-electron chi connectivity index (χ2n) is 8.92. The van der Waals surface area contributed by atoms with Crippen molar-refractivity contribution in [2.24, 2.45) is 0 Å². The largest absolute Gasteiger partial charge is 0.352 e. The van der Waals surface area contributed by atoms with Crippen molar-refractivity contribution in [2.45, 2.75) is 50.7 Å². The fourth-order valence-corrected chi connectivity index (χ4v) is 5.66. The van der Waals surface area contributed by atoms with E-state index < -0.39 is 34.3 Å². The zero-order chi connectivity index (χ0) is 27.9. The SMILES string of the molecule is CC[C@@H](C)NC(=O)[C@H](C)N(Cc1cccc(Br)c1)C(=O)CN(c1ccccc1F)S(=O)(=O)c1ccccc1. The van der Waals surface area contributed by atoms with E-state index in [1.165, 1.54) is 35.2 Å². The number of carbonyl (C=O) groups excluding carboxylic acids is 2. The molecule has 0 aliphatic carbocycles. The van der Waals surface area contributed by atoms with Crippen LogP contribution in [0, 0.1) is 5.82 Å². The van der Waals surface area contributed by atoms with E-state index in [2.05, 4.69) is 21.2 Å². The molecule has 0 spiro atoms. The van der Waals surface area contributed by atoms with Gasteiger partial charge in [-0.3, -0.25) is 13.9 Å². The highest BCUT2D eigenvalue weighted by Gasteiger charge is 2.33. The number of sulfonamides is 1. The number of rotatable bonds is 11. The molecule has 3 rings (SSSR count). The third-order valence-electron chi connectivity index (χ3n) is 6.14. The molecule has 0 unspecified atom stereocenters. The Balaban J connectivity index is 2.03. The number of hydrogen-bond acceptors (Lipinski definition) is 4. The topological polar surface area (TPSA) is 86.8 Å². The summed E-state index contributed by atoms with van der Waals surface area (Å²) in [5.74, 6) is -1.81. The fourth-order valence-electron chi connectivity index (χ4n) is 3.77. The van der Waals surface area contributed by atoms with E-state index in [1.807, 2.05) is 26.0 Å². The lowest BCUT2D eigenvalue weighted by atomic mass is 10.1. The van der Waals surface area contributed by atoms with Crippen LogP contribution in [0.1, 0.15) is 32.8 Å². The number of nitrogens with one attached hydrogen (secondary N) is 1. The molecular weight excluding hydrogens is 573 g/mol. The van der Waals surface area contributed by atoms with Crippen LogP contribution < -0.4 is 9.62 Å². The van der Waals surface area contributed by atoms with Crippen molar-refractivity contribution in [1.29, 1.82) is 0 Å². The first-order valence-corrected chi connectivity index (χ1v) is 14.4. The van der Waals surface area contributed by atoms with Gasteiger partial charge in [-0.15, -0.1) is 0 Å². The molecule has 3 aromatic rings. The van der Waals surface area contributed by atoms with Gasteiger partial charge in [-0.1, -0.05) is 65.3 Å². The van der Waals surface area contributed by atoms with Gasteiger partial charge in [-0.2, -0.15) is 0 Å². The maximum atomic E-state index is 14.9. The Morgan fingerprint density at radius 1 is 0.974 bits per heavy atom. The molecule has 0 bridgehead atoms. The van der Waals surface area contributed by atoms with Crippen molar-refractivity contribution in [3.05, 3.63) is 94.7 Å². The van der Waals surface area contributed by atoms with Gasteiger partial charge < -0.3 is 10.2 Å². The number of para-hydroxylation sites is 1. The first-order chi connectivity index (χ1) is 18.0. The summed E-state index contributed by atoms with van der Waals surface area (Å²) in [6, 6.07) is 19.1. The number of amides is 2. The minimum atomic E-state index is -4.32. The van der Waals surface area contributed by atoms with Crippen LogP contribution in [0.3, 0.4) is 0 Å². The van der Waals surface area contributed by atoms with E-state index >= 15 is 0 Å². The molecule has 0 fully saturated rings. The minimum absolute atomic E-state index is 0.0455. The van der Waals surface area contributed by atoms with E-state index in [-0.39, 0.29) is 29.1 Å². The average Bonchev–Trinajstić information content (AvgIpc) is 2.90. The summed E-state index contributed by atoms with van der Waals surface area (Å²) in [6.45, 7) is 4.72. The van der Waals surface area contributed by atoms with Gasteiger partial charge in [0.2, 0.25) is 11.8 Å². The second-order valence-corrected chi connectivity index (χ2v) is 11.7. The van der Waals surface area contributed by atoms with Crippen molar-refractivity contribution >= 4 is 43.5 Å². The predicted octanol–water partition coefficient (Wildman–Crippen LogP) is 5.12. The van der Waals surface area contributed by atoms with Crippen LogP contribution in [0.2, 0.25) is 0 Å². The van der Waals surface area contributed by atoms with Gasteiger partial charge in [0.1, 0.15) is 18.4 Å². The highest BCUT2D eigenvalue weighted by atomic mass is 79.9. The lowest BCUT2D eigenvalue weighted by Gasteiger charge is -2.32. The van der Waals surface area contributed by atoms with Crippen molar-refractivity contribution in [1.82, 2.24) is 10.2 Å². The quantitative estimate of drug-likeness (QED) is 0.330. The Kier molecular flexibility index (Phi) is 10.0. The molecule has 0 saturated heterocycles. The zero-order valence-electron chi connectivity index (χ0n) is 21.5.